The Hall–Kier alpha value is -2.49. The fourth-order valence-electron chi connectivity index (χ4n) is 4.20. The van der Waals surface area contributed by atoms with Crippen LogP contribution in [0.15, 0.2) is 47.0 Å². The third-order valence-corrected chi connectivity index (χ3v) is 5.97. The first-order valence-corrected chi connectivity index (χ1v) is 10.7. The van der Waals surface area contributed by atoms with Gasteiger partial charge in [-0.3, -0.25) is 4.79 Å². The van der Waals surface area contributed by atoms with Crippen molar-refractivity contribution in [3.63, 3.8) is 0 Å². The van der Waals surface area contributed by atoms with Crippen LogP contribution in [0.4, 0.5) is 0 Å². The molecule has 0 saturated heterocycles. The fourth-order valence-corrected chi connectivity index (χ4v) is 4.20. The van der Waals surface area contributed by atoms with E-state index in [1.54, 1.807) is 34.5 Å². The number of rotatable bonds is 9. The SMILES string of the molecule is COC1=CC(OC)C#CC(C(C)(CC(C)(C)C2=CC(C)(OC)CC(OC)=C2)OC(C)=O)=C1. The van der Waals surface area contributed by atoms with Crippen LogP contribution in [0.1, 0.15) is 47.5 Å². The van der Waals surface area contributed by atoms with Gasteiger partial charge in [0.1, 0.15) is 17.5 Å². The van der Waals surface area contributed by atoms with Crippen LogP contribution >= 0.6 is 0 Å². The van der Waals surface area contributed by atoms with Gasteiger partial charge in [-0.1, -0.05) is 25.7 Å². The highest BCUT2D eigenvalue weighted by Crippen LogP contribution is 2.44. The molecule has 0 saturated carbocycles. The Kier molecular flexibility index (Phi) is 8.03. The van der Waals surface area contributed by atoms with Crippen LogP contribution in [0.3, 0.4) is 0 Å². The van der Waals surface area contributed by atoms with Crippen LogP contribution in [0, 0.1) is 17.3 Å². The largest absolute Gasteiger partial charge is 0.501 e. The summed E-state index contributed by atoms with van der Waals surface area (Å²) in [7, 11) is 6.53. The lowest BCUT2D eigenvalue weighted by molar-refractivity contribution is -0.153. The number of hydrogen-bond donors (Lipinski definition) is 0. The summed E-state index contributed by atoms with van der Waals surface area (Å²) < 4.78 is 28.1. The minimum absolute atomic E-state index is 0.381. The predicted molar refractivity (Wildman–Crippen MR) is 124 cm³/mol. The molecule has 0 heterocycles. The van der Waals surface area contributed by atoms with E-state index in [1.807, 2.05) is 26.0 Å². The first kappa shape index (κ1) is 25.8. The Bertz CT molecular complexity index is 910. The van der Waals surface area contributed by atoms with Gasteiger partial charge in [-0.15, -0.1) is 0 Å². The van der Waals surface area contributed by atoms with Gasteiger partial charge in [0.05, 0.1) is 25.6 Å². The van der Waals surface area contributed by atoms with Crippen molar-refractivity contribution in [1.29, 1.82) is 0 Å². The minimum Gasteiger partial charge on any atom is -0.501 e. The molecule has 0 amide bonds. The maximum atomic E-state index is 12.1. The number of allylic oxidation sites excluding steroid dienone is 3. The Labute approximate surface area is 192 Å². The molecule has 6 nitrogen and oxygen atoms in total. The average molecular weight is 445 g/mol. The van der Waals surface area contributed by atoms with Crippen LogP contribution in [0.5, 0.6) is 0 Å². The van der Waals surface area contributed by atoms with Crippen molar-refractivity contribution >= 4 is 5.97 Å². The number of esters is 1. The van der Waals surface area contributed by atoms with Crippen LogP contribution < -0.4 is 0 Å². The van der Waals surface area contributed by atoms with Crippen LogP contribution in [0.25, 0.3) is 0 Å². The maximum Gasteiger partial charge on any atom is 0.303 e. The van der Waals surface area contributed by atoms with E-state index in [1.165, 1.54) is 6.92 Å². The Morgan fingerprint density at radius 3 is 2.38 bits per heavy atom. The number of methoxy groups -OCH3 is 4. The van der Waals surface area contributed by atoms with Crippen molar-refractivity contribution in [3.8, 4) is 11.8 Å². The Morgan fingerprint density at radius 1 is 1.16 bits per heavy atom. The fraction of sp³-hybridized carbons (Fsp3) is 0.577. The molecular formula is C26H36O6. The molecule has 3 atom stereocenters. The minimum atomic E-state index is -0.995. The molecule has 2 rings (SSSR count). The van der Waals surface area contributed by atoms with Gasteiger partial charge < -0.3 is 23.7 Å². The second-order valence-corrected chi connectivity index (χ2v) is 9.25. The second-order valence-electron chi connectivity index (χ2n) is 9.25. The van der Waals surface area contributed by atoms with Gasteiger partial charge in [0.15, 0.2) is 0 Å². The van der Waals surface area contributed by atoms with Gasteiger partial charge in [-0.05, 0) is 49.1 Å². The molecule has 0 aromatic carbocycles. The van der Waals surface area contributed by atoms with Crippen molar-refractivity contribution in [2.75, 3.05) is 28.4 Å². The van der Waals surface area contributed by atoms with E-state index >= 15 is 0 Å². The van der Waals surface area contributed by atoms with Crippen LogP contribution in [-0.2, 0) is 28.5 Å². The predicted octanol–water partition coefficient (Wildman–Crippen LogP) is 4.48. The quantitative estimate of drug-likeness (QED) is 0.386. The average Bonchev–Trinajstić information content (AvgIpc) is 2.95. The summed E-state index contributed by atoms with van der Waals surface area (Å²) in [5.41, 5.74) is -0.187. The Morgan fingerprint density at radius 2 is 1.84 bits per heavy atom. The lowest BCUT2D eigenvalue weighted by atomic mass is 9.70. The highest BCUT2D eigenvalue weighted by Gasteiger charge is 2.42. The first-order chi connectivity index (χ1) is 14.9. The van der Waals surface area contributed by atoms with Crippen molar-refractivity contribution in [3.05, 3.63) is 47.0 Å². The molecule has 0 aromatic rings. The van der Waals surface area contributed by atoms with E-state index in [4.69, 9.17) is 23.7 Å². The summed E-state index contributed by atoms with van der Waals surface area (Å²) in [4.78, 5) is 12.1. The number of hydrogen-bond acceptors (Lipinski definition) is 6. The molecular weight excluding hydrogens is 408 g/mol. The zero-order valence-electron chi connectivity index (χ0n) is 20.8. The molecule has 32 heavy (non-hydrogen) atoms. The smallest absolute Gasteiger partial charge is 0.303 e. The van der Waals surface area contributed by atoms with E-state index in [-0.39, 0.29) is 5.97 Å². The molecule has 0 bridgehead atoms. The van der Waals surface area contributed by atoms with E-state index in [0.717, 1.165) is 11.3 Å². The van der Waals surface area contributed by atoms with Crippen LogP contribution in [0.2, 0.25) is 0 Å². The molecule has 3 unspecified atom stereocenters. The molecule has 2 aliphatic rings. The summed E-state index contributed by atoms with van der Waals surface area (Å²) in [6.07, 6.45) is 8.49. The summed E-state index contributed by atoms with van der Waals surface area (Å²) in [5, 5.41) is 0. The molecule has 0 spiro atoms. The van der Waals surface area contributed by atoms with Gasteiger partial charge in [0.2, 0.25) is 0 Å². The summed E-state index contributed by atoms with van der Waals surface area (Å²) in [5.74, 6) is 7.28. The monoisotopic (exact) mass is 444 g/mol. The highest BCUT2D eigenvalue weighted by atomic mass is 16.6. The van der Waals surface area contributed by atoms with Crippen molar-refractivity contribution in [1.82, 2.24) is 0 Å². The third-order valence-electron chi connectivity index (χ3n) is 5.97. The molecule has 0 radical (unpaired) electrons. The van der Waals surface area contributed by atoms with Crippen molar-refractivity contribution < 1.29 is 28.5 Å². The molecule has 6 heteroatoms. The van der Waals surface area contributed by atoms with Gasteiger partial charge in [0.25, 0.3) is 0 Å². The molecule has 0 aliphatic heterocycles. The lowest BCUT2D eigenvalue weighted by Gasteiger charge is -2.40. The molecule has 0 aromatic heterocycles. The Balaban J connectivity index is 2.53. The van der Waals surface area contributed by atoms with Crippen LogP contribution in [-0.4, -0.2) is 51.7 Å². The standard InChI is InChI=1S/C26H36O6/c1-18(27)32-26(5,19-10-11-21(28-6)14-22(12-19)29-7)17-24(2,3)20-13-23(30-8)16-25(4,15-20)31-9/h12-15,21H,16-17H2,1-9H3. The van der Waals surface area contributed by atoms with E-state index in [9.17, 15) is 4.79 Å². The highest BCUT2D eigenvalue weighted by molar-refractivity contribution is 5.67. The second kappa shape index (κ2) is 9.97. The lowest BCUT2D eigenvalue weighted by Crippen LogP contribution is -2.40. The first-order valence-electron chi connectivity index (χ1n) is 10.7. The van der Waals surface area contributed by atoms with E-state index in [0.29, 0.717) is 24.2 Å². The summed E-state index contributed by atoms with van der Waals surface area (Å²) >= 11 is 0. The molecule has 176 valence electrons. The van der Waals surface area contributed by atoms with Gasteiger partial charge >= 0.3 is 5.97 Å². The zero-order chi connectivity index (χ0) is 24.2. The van der Waals surface area contributed by atoms with E-state index in [2.05, 4.69) is 31.8 Å². The topological polar surface area (TPSA) is 63.2 Å². The van der Waals surface area contributed by atoms with Gasteiger partial charge in [-0.2, -0.15) is 0 Å². The normalized spacial score (nSPS) is 25.0. The summed E-state index contributed by atoms with van der Waals surface area (Å²) in [6.45, 7) is 9.55. The number of ether oxygens (including phenoxy) is 5. The zero-order valence-corrected chi connectivity index (χ0v) is 20.8. The molecule has 2 aliphatic carbocycles. The van der Waals surface area contributed by atoms with Crippen molar-refractivity contribution in [2.45, 2.75) is 64.8 Å². The molecule has 0 fully saturated rings. The van der Waals surface area contributed by atoms with Gasteiger partial charge in [0, 0.05) is 39.6 Å². The number of carbonyl (C=O) groups excluding carboxylic acids is 1. The maximum absolute atomic E-state index is 12.1. The van der Waals surface area contributed by atoms with Gasteiger partial charge in [-0.25, -0.2) is 0 Å². The van der Waals surface area contributed by atoms with E-state index < -0.39 is 22.7 Å². The molecule has 0 N–H and O–H groups in total. The number of carbonyl (C=O) groups is 1. The third kappa shape index (κ3) is 6.05. The van der Waals surface area contributed by atoms with Crippen molar-refractivity contribution in [2.24, 2.45) is 5.41 Å². The summed E-state index contributed by atoms with van der Waals surface area (Å²) in [6, 6.07) is 0.